The summed E-state index contributed by atoms with van der Waals surface area (Å²) < 4.78 is 11.0. The minimum atomic E-state index is -0.352. The largest absolute Gasteiger partial charge is 0.493 e. The van der Waals surface area contributed by atoms with Gasteiger partial charge in [0.1, 0.15) is 0 Å². The van der Waals surface area contributed by atoms with Gasteiger partial charge in [-0.25, -0.2) is 0 Å². The van der Waals surface area contributed by atoms with E-state index in [4.69, 9.17) is 21.1 Å². The van der Waals surface area contributed by atoms with Crippen molar-refractivity contribution in [1.29, 1.82) is 0 Å². The average Bonchev–Trinajstić information content (AvgIpc) is 3.63. The molecule has 1 N–H and O–H groups in total. The lowest BCUT2D eigenvalue weighted by Crippen LogP contribution is -2.42. The van der Waals surface area contributed by atoms with Gasteiger partial charge in [0.05, 0.1) is 36.8 Å². The lowest BCUT2D eigenvalue weighted by atomic mass is 9.68. The molecule has 3 heterocycles. The molecule has 1 saturated heterocycles. The third-order valence-corrected chi connectivity index (χ3v) is 11.4. The van der Waals surface area contributed by atoms with Gasteiger partial charge in [0, 0.05) is 21.1 Å². The number of fused-ring (bicyclic) bond motifs is 9. The number of aromatic nitrogens is 1. The number of hydrogen-bond donors (Lipinski definition) is 1. The smallest absolute Gasteiger partial charge is 0.305 e. The van der Waals surface area contributed by atoms with Crippen LogP contribution >= 0.6 is 34.7 Å². The van der Waals surface area contributed by atoms with Crippen LogP contribution in [0.2, 0.25) is 5.02 Å². The second-order valence-electron chi connectivity index (χ2n) is 10.1. The summed E-state index contributed by atoms with van der Waals surface area (Å²) in [6.07, 6.45) is 0.840. The number of ether oxygens (including phenoxy) is 2. The Bertz CT molecular complexity index is 1500. The average molecular weight is 555 g/mol. The van der Waals surface area contributed by atoms with Crippen molar-refractivity contribution in [2.24, 2.45) is 29.6 Å². The van der Waals surface area contributed by atoms with Gasteiger partial charge in [-0.15, -0.1) is 11.8 Å². The van der Waals surface area contributed by atoms with E-state index < -0.39 is 0 Å². The molecule has 2 saturated carbocycles. The molecule has 37 heavy (non-hydrogen) atoms. The summed E-state index contributed by atoms with van der Waals surface area (Å²) in [6.45, 7) is 0. The molecule has 2 aliphatic heterocycles. The number of nitrogens with zero attached hydrogens (tertiary/aromatic N) is 1. The molecule has 2 bridgehead atoms. The number of H-pyrrole nitrogens is 1. The van der Waals surface area contributed by atoms with E-state index >= 15 is 0 Å². The van der Waals surface area contributed by atoms with E-state index in [1.807, 2.05) is 18.2 Å². The summed E-state index contributed by atoms with van der Waals surface area (Å²) in [4.78, 5) is 45.3. The van der Waals surface area contributed by atoms with E-state index in [1.54, 1.807) is 50.2 Å². The molecule has 1 aromatic heterocycles. The summed E-state index contributed by atoms with van der Waals surface area (Å²) in [5.41, 5.74) is 1.60. The van der Waals surface area contributed by atoms with Crippen molar-refractivity contribution in [2.45, 2.75) is 22.6 Å². The van der Waals surface area contributed by atoms with Gasteiger partial charge in [-0.05, 0) is 66.1 Å². The molecule has 7 rings (SSSR count). The predicted molar refractivity (Wildman–Crippen MR) is 142 cm³/mol. The van der Waals surface area contributed by atoms with Gasteiger partial charge in [-0.2, -0.15) is 0 Å². The zero-order chi connectivity index (χ0) is 25.6. The quantitative estimate of drug-likeness (QED) is 0.467. The third-order valence-electron chi connectivity index (χ3n) is 8.58. The molecule has 0 spiro atoms. The zero-order valence-electron chi connectivity index (χ0n) is 20.0. The Kier molecular flexibility index (Phi) is 5.29. The SMILES string of the molecule is COc1ccc(C2c3sc(=O)[nH]c3SC3C4CC(C5C(=O)N(c6ccc(Cl)cc6)C(=O)C45)C23)cc1OC. The van der Waals surface area contributed by atoms with Crippen LogP contribution in [0.1, 0.15) is 22.8 Å². The number of rotatable bonds is 4. The van der Waals surface area contributed by atoms with Crippen molar-refractivity contribution in [3.05, 3.63) is 67.6 Å². The number of halogens is 1. The van der Waals surface area contributed by atoms with Gasteiger partial charge in [0.2, 0.25) is 11.8 Å². The third kappa shape index (κ3) is 3.23. The number of nitrogens with one attached hydrogen (secondary N) is 1. The van der Waals surface area contributed by atoms with Crippen LogP contribution in [-0.2, 0) is 9.59 Å². The molecule has 4 aliphatic rings. The predicted octanol–water partition coefficient (Wildman–Crippen LogP) is 4.78. The molecule has 3 aromatic rings. The van der Waals surface area contributed by atoms with Crippen molar-refractivity contribution in [1.82, 2.24) is 4.98 Å². The van der Waals surface area contributed by atoms with Gasteiger partial charge in [-0.1, -0.05) is 29.0 Å². The molecule has 7 nitrogen and oxygen atoms in total. The number of carbonyl (C=O) groups excluding carboxylic acids is 2. The molecule has 0 radical (unpaired) electrons. The van der Waals surface area contributed by atoms with E-state index in [-0.39, 0.29) is 57.4 Å². The maximum absolute atomic E-state index is 13.8. The first-order valence-electron chi connectivity index (χ1n) is 12.2. The Morgan fingerprint density at radius 1 is 0.946 bits per heavy atom. The Labute approximate surface area is 226 Å². The molecule has 10 heteroatoms. The van der Waals surface area contributed by atoms with Gasteiger partial charge in [0.15, 0.2) is 11.5 Å². The van der Waals surface area contributed by atoms with E-state index in [9.17, 15) is 14.4 Å². The Balaban J connectivity index is 1.32. The fourth-order valence-corrected chi connectivity index (χ4v) is 10.3. The molecule has 2 amide bonds. The minimum absolute atomic E-state index is 0.0460. The maximum Gasteiger partial charge on any atom is 0.305 e. The summed E-state index contributed by atoms with van der Waals surface area (Å²) in [5, 5.41) is 1.57. The lowest BCUT2D eigenvalue weighted by Gasteiger charge is -2.43. The van der Waals surface area contributed by atoms with Crippen LogP contribution < -0.4 is 19.2 Å². The molecule has 2 aliphatic carbocycles. The number of hydrogen-bond acceptors (Lipinski definition) is 7. The highest BCUT2D eigenvalue weighted by Gasteiger charge is 2.69. The van der Waals surface area contributed by atoms with E-state index in [1.165, 1.54) is 16.2 Å². The number of carbonyl (C=O) groups is 2. The number of thioether (sulfide) groups is 1. The van der Waals surface area contributed by atoms with Crippen molar-refractivity contribution >= 4 is 52.2 Å². The highest BCUT2D eigenvalue weighted by atomic mass is 35.5. The number of amides is 2. The fraction of sp³-hybridized carbons (Fsp3) is 0.370. The van der Waals surface area contributed by atoms with Gasteiger partial charge in [-0.3, -0.25) is 19.3 Å². The number of benzene rings is 2. The first-order chi connectivity index (χ1) is 17.9. The minimum Gasteiger partial charge on any atom is -0.493 e. The molecule has 2 aromatic carbocycles. The van der Waals surface area contributed by atoms with Crippen LogP contribution in [0.15, 0.2) is 52.3 Å². The Morgan fingerprint density at radius 3 is 2.35 bits per heavy atom. The molecule has 7 unspecified atom stereocenters. The highest BCUT2D eigenvalue weighted by molar-refractivity contribution is 8.00. The van der Waals surface area contributed by atoms with Crippen LogP contribution in [0.5, 0.6) is 11.5 Å². The Hall–Kier alpha value is -2.75. The highest BCUT2D eigenvalue weighted by Crippen LogP contribution is 2.68. The van der Waals surface area contributed by atoms with E-state index in [0.29, 0.717) is 22.2 Å². The van der Waals surface area contributed by atoms with Crippen molar-refractivity contribution < 1.29 is 19.1 Å². The summed E-state index contributed by atoms with van der Waals surface area (Å²) in [7, 11) is 3.21. The summed E-state index contributed by atoms with van der Waals surface area (Å²) in [5.74, 6) is 0.504. The van der Waals surface area contributed by atoms with Crippen LogP contribution in [0.3, 0.4) is 0 Å². The van der Waals surface area contributed by atoms with Crippen LogP contribution in [-0.4, -0.2) is 36.3 Å². The van der Waals surface area contributed by atoms with Crippen molar-refractivity contribution in [2.75, 3.05) is 19.1 Å². The number of aromatic amines is 1. The normalized spacial score (nSPS) is 31.3. The number of methoxy groups -OCH3 is 2. The molecule has 190 valence electrons. The monoisotopic (exact) mass is 554 g/mol. The topological polar surface area (TPSA) is 88.7 Å². The second-order valence-corrected chi connectivity index (χ2v) is 12.7. The van der Waals surface area contributed by atoms with Crippen LogP contribution in [0.25, 0.3) is 0 Å². The van der Waals surface area contributed by atoms with E-state index in [2.05, 4.69) is 4.98 Å². The molecular weight excluding hydrogens is 532 g/mol. The Morgan fingerprint density at radius 2 is 1.65 bits per heavy atom. The van der Waals surface area contributed by atoms with E-state index in [0.717, 1.165) is 21.9 Å². The maximum atomic E-state index is 13.8. The van der Waals surface area contributed by atoms with Gasteiger partial charge in [0.25, 0.3) is 0 Å². The zero-order valence-corrected chi connectivity index (χ0v) is 22.4. The summed E-state index contributed by atoms with van der Waals surface area (Å²) >= 11 is 8.97. The molecule has 3 fully saturated rings. The second kappa shape index (κ2) is 8.38. The summed E-state index contributed by atoms with van der Waals surface area (Å²) in [6, 6.07) is 12.8. The molecule has 7 atom stereocenters. The van der Waals surface area contributed by atoms with Crippen molar-refractivity contribution in [3.63, 3.8) is 0 Å². The lowest BCUT2D eigenvalue weighted by molar-refractivity contribution is -0.123. The van der Waals surface area contributed by atoms with Crippen LogP contribution in [0, 0.1) is 29.6 Å². The van der Waals surface area contributed by atoms with Gasteiger partial charge >= 0.3 is 4.87 Å². The number of thiazole rings is 1. The molecular formula is C27H23ClN2O5S2. The standard InChI is InChI=1S/C27H23ClN2O5S2/c1-34-16-8-3-11(9-17(16)35-2)18-19-14-10-15(22(19)36-24-23(18)37-27(33)29-24)21-20(14)25(31)30(26(21)32)13-6-4-12(28)5-7-13/h3-9,14-15,18-22H,10H2,1-2H3,(H,29,33). The number of anilines is 1. The number of imide groups is 1. The fourth-order valence-electron chi connectivity index (χ4n) is 7.28. The first kappa shape index (κ1) is 23.4. The van der Waals surface area contributed by atoms with Crippen LogP contribution in [0.4, 0.5) is 5.69 Å². The first-order valence-corrected chi connectivity index (χ1v) is 14.2. The van der Waals surface area contributed by atoms with Gasteiger partial charge < -0.3 is 14.5 Å². The van der Waals surface area contributed by atoms with Crippen molar-refractivity contribution in [3.8, 4) is 11.5 Å².